The van der Waals surface area contributed by atoms with E-state index >= 15 is 0 Å². The monoisotopic (exact) mass is 308 g/mol. The number of halogens is 1. The second kappa shape index (κ2) is 6.55. The van der Waals surface area contributed by atoms with Crippen LogP contribution in [-0.4, -0.2) is 37.2 Å². The molecule has 0 atom stereocenters. The minimum absolute atomic E-state index is 0.364. The van der Waals surface area contributed by atoms with Gasteiger partial charge in [-0.1, -0.05) is 36.9 Å². The molecule has 116 valence electrons. The maximum atomic E-state index is 6.27. The molecule has 0 bridgehead atoms. The molecule has 1 heterocycles. The van der Waals surface area contributed by atoms with Crippen LogP contribution in [-0.2, 0) is 6.54 Å². The van der Waals surface area contributed by atoms with Crippen molar-refractivity contribution in [2.75, 3.05) is 26.7 Å². The minimum atomic E-state index is 0.364. The van der Waals surface area contributed by atoms with Gasteiger partial charge in [0.15, 0.2) is 0 Å². The second-order valence-corrected chi connectivity index (χ2v) is 6.76. The minimum Gasteiger partial charge on any atom is -0.495 e. The topological polar surface area (TPSA) is 24.5 Å². The Labute approximate surface area is 132 Å². The lowest BCUT2D eigenvalue weighted by Gasteiger charge is -2.50. The van der Waals surface area contributed by atoms with Gasteiger partial charge in [0.2, 0.25) is 0 Å². The van der Waals surface area contributed by atoms with Gasteiger partial charge in [0.25, 0.3) is 0 Å². The molecule has 4 heteroatoms. The Balaban J connectivity index is 1.76. The third kappa shape index (κ3) is 3.20. The van der Waals surface area contributed by atoms with Gasteiger partial charge in [0.1, 0.15) is 5.75 Å². The zero-order chi connectivity index (χ0) is 14.7. The van der Waals surface area contributed by atoms with E-state index in [1.807, 2.05) is 6.07 Å². The fourth-order valence-corrected chi connectivity index (χ4v) is 4.14. The van der Waals surface area contributed by atoms with Gasteiger partial charge in [0.05, 0.1) is 12.1 Å². The van der Waals surface area contributed by atoms with Crippen molar-refractivity contribution < 1.29 is 4.74 Å². The molecule has 0 amide bonds. The van der Waals surface area contributed by atoms with Crippen molar-refractivity contribution in [3.8, 4) is 5.75 Å². The molecule has 2 aliphatic rings. The Bertz CT molecular complexity index is 477. The standard InChI is InChI=1S/C17H25ClN2O/c1-21-16-6-5-14(11-15(16)18)12-20-10-9-19-13-17(20)7-3-2-4-8-17/h5-6,11,19H,2-4,7-10,12-13H2,1H3. The highest BCUT2D eigenvalue weighted by Crippen LogP contribution is 2.36. The van der Waals surface area contributed by atoms with Crippen LogP contribution in [0.1, 0.15) is 37.7 Å². The molecule has 3 rings (SSSR count). The third-order valence-electron chi connectivity index (χ3n) is 5.06. The molecule has 1 aromatic carbocycles. The molecule has 1 saturated heterocycles. The van der Waals surface area contributed by atoms with Crippen molar-refractivity contribution in [3.05, 3.63) is 28.8 Å². The highest BCUT2D eigenvalue weighted by Gasteiger charge is 2.39. The predicted octanol–water partition coefficient (Wildman–Crippen LogP) is 3.46. The van der Waals surface area contributed by atoms with Crippen LogP contribution < -0.4 is 10.1 Å². The van der Waals surface area contributed by atoms with Gasteiger partial charge in [-0.25, -0.2) is 0 Å². The van der Waals surface area contributed by atoms with Crippen LogP contribution in [0.2, 0.25) is 5.02 Å². The summed E-state index contributed by atoms with van der Waals surface area (Å²) in [6.07, 6.45) is 6.76. The van der Waals surface area contributed by atoms with Gasteiger partial charge in [-0.3, -0.25) is 4.90 Å². The lowest BCUT2D eigenvalue weighted by Crippen LogP contribution is -2.61. The summed E-state index contributed by atoms with van der Waals surface area (Å²) in [6.45, 7) is 4.34. The van der Waals surface area contributed by atoms with Crippen molar-refractivity contribution in [2.45, 2.75) is 44.2 Å². The summed E-state index contributed by atoms with van der Waals surface area (Å²) >= 11 is 6.27. The van der Waals surface area contributed by atoms with Crippen LogP contribution >= 0.6 is 11.6 Å². The molecule has 1 spiro atoms. The quantitative estimate of drug-likeness (QED) is 0.925. The summed E-state index contributed by atoms with van der Waals surface area (Å²) in [7, 11) is 1.66. The first-order chi connectivity index (χ1) is 10.2. The Morgan fingerprint density at radius 3 is 2.81 bits per heavy atom. The second-order valence-electron chi connectivity index (χ2n) is 6.35. The van der Waals surface area contributed by atoms with Crippen LogP contribution in [0.3, 0.4) is 0 Å². The van der Waals surface area contributed by atoms with Crippen molar-refractivity contribution >= 4 is 11.6 Å². The molecule has 1 aromatic rings. The van der Waals surface area contributed by atoms with E-state index in [1.54, 1.807) is 7.11 Å². The summed E-state index contributed by atoms with van der Waals surface area (Å²) in [5.74, 6) is 0.758. The Kier molecular flexibility index (Phi) is 4.72. The number of ether oxygens (including phenoxy) is 1. The molecule has 1 aliphatic carbocycles. The fraction of sp³-hybridized carbons (Fsp3) is 0.647. The van der Waals surface area contributed by atoms with Crippen molar-refractivity contribution in [1.29, 1.82) is 0 Å². The summed E-state index contributed by atoms with van der Waals surface area (Å²) < 4.78 is 5.24. The zero-order valence-corrected chi connectivity index (χ0v) is 13.6. The Morgan fingerprint density at radius 2 is 2.10 bits per heavy atom. The highest BCUT2D eigenvalue weighted by molar-refractivity contribution is 6.32. The maximum Gasteiger partial charge on any atom is 0.137 e. The van der Waals surface area contributed by atoms with Crippen LogP contribution in [0.5, 0.6) is 5.75 Å². The molecule has 0 aromatic heterocycles. The number of hydrogen-bond acceptors (Lipinski definition) is 3. The van der Waals surface area contributed by atoms with Gasteiger partial charge >= 0.3 is 0 Å². The summed E-state index contributed by atoms with van der Waals surface area (Å²) in [4.78, 5) is 2.68. The van der Waals surface area contributed by atoms with E-state index in [0.717, 1.165) is 31.9 Å². The number of nitrogens with zero attached hydrogens (tertiary/aromatic N) is 1. The van der Waals surface area contributed by atoms with E-state index in [1.165, 1.54) is 37.7 Å². The van der Waals surface area contributed by atoms with Crippen molar-refractivity contribution in [3.63, 3.8) is 0 Å². The smallest absolute Gasteiger partial charge is 0.137 e. The Hall–Kier alpha value is -0.770. The first kappa shape index (κ1) is 15.1. The lowest BCUT2D eigenvalue weighted by atomic mass is 9.79. The first-order valence-electron chi connectivity index (χ1n) is 8.02. The summed E-state index contributed by atoms with van der Waals surface area (Å²) in [5, 5.41) is 4.31. The molecule has 3 nitrogen and oxygen atoms in total. The van der Waals surface area contributed by atoms with E-state index in [4.69, 9.17) is 16.3 Å². The fourth-order valence-electron chi connectivity index (χ4n) is 3.86. The Morgan fingerprint density at radius 1 is 1.29 bits per heavy atom. The van der Waals surface area contributed by atoms with E-state index in [9.17, 15) is 0 Å². The number of piperazine rings is 1. The van der Waals surface area contributed by atoms with Crippen LogP contribution in [0.15, 0.2) is 18.2 Å². The SMILES string of the molecule is COc1ccc(CN2CCNCC23CCCCC3)cc1Cl. The number of hydrogen-bond donors (Lipinski definition) is 1. The van der Waals surface area contributed by atoms with Gasteiger partial charge in [-0.2, -0.15) is 0 Å². The van der Waals surface area contributed by atoms with Gasteiger partial charge in [-0.05, 0) is 30.5 Å². The van der Waals surface area contributed by atoms with Crippen LogP contribution in [0.4, 0.5) is 0 Å². The number of nitrogens with one attached hydrogen (secondary N) is 1. The van der Waals surface area contributed by atoms with Crippen LogP contribution in [0, 0.1) is 0 Å². The molecule has 1 aliphatic heterocycles. The van der Waals surface area contributed by atoms with E-state index < -0.39 is 0 Å². The number of rotatable bonds is 3. The molecule has 0 radical (unpaired) electrons. The molecule has 1 saturated carbocycles. The number of benzene rings is 1. The van der Waals surface area contributed by atoms with Crippen molar-refractivity contribution in [1.82, 2.24) is 10.2 Å². The lowest BCUT2D eigenvalue weighted by molar-refractivity contribution is 0.0209. The first-order valence-corrected chi connectivity index (χ1v) is 8.39. The average molecular weight is 309 g/mol. The molecule has 0 unspecified atom stereocenters. The van der Waals surface area contributed by atoms with E-state index in [-0.39, 0.29) is 0 Å². The molecule has 2 fully saturated rings. The maximum absolute atomic E-state index is 6.27. The summed E-state index contributed by atoms with van der Waals surface area (Å²) in [6, 6.07) is 6.18. The summed E-state index contributed by atoms with van der Waals surface area (Å²) in [5.41, 5.74) is 1.65. The van der Waals surface area contributed by atoms with Gasteiger partial charge in [-0.15, -0.1) is 0 Å². The van der Waals surface area contributed by atoms with E-state index in [2.05, 4.69) is 22.3 Å². The number of methoxy groups -OCH3 is 1. The van der Waals surface area contributed by atoms with E-state index in [0.29, 0.717) is 10.6 Å². The molecular weight excluding hydrogens is 284 g/mol. The third-order valence-corrected chi connectivity index (χ3v) is 5.35. The van der Waals surface area contributed by atoms with Gasteiger partial charge in [0, 0.05) is 31.7 Å². The zero-order valence-electron chi connectivity index (χ0n) is 12.8. The van der Waals surface area contributed by atoms with Crippen LogP contribution in [0.25, 0.3) is 0 Å². The van der Waals surface area contributed by atoms with Crippen molar-refractivity contribution in [2.24, 2.45) is 0 Å². The average Bonchev–Trinajstić information content (AvgIpc) is 2.51. The predicted molar refractivity (Wildman–Crippen MR) is 87.1 cm³/mol. The van der Waals surface area contributed by atoms with Gasteiger partial charge < -0.3 is 10.1 Å². The highest BCUT2D eigenvalue weighted by atomic mass is 35.5. The molecular formula is C17H25ClN2O. The largest absolute Gasteiger partial charge is 0.495 e. The normalized spacial score (nSPS) is 22.4. The molecule has 1 N–H and O–H groups in total. The molecule has 21 heavy (non-hydrogen) atoms.